The second-order valence-electron chi connectivity index (χ2n) is 9.08. The van der Waals surface area contributed by atoms with Crippen molar-refractivity contribution < 1.29 is 48.3 Å². The molecule has 0 aromatic rings. The number of ether oxygens (including phenoxy) is 4. The van der Waals surface area contributed by atoms with Crippen LogP contribution in [0, 0.1) is 0 Å². The van der Waals surface area contributed by atoms with Gasteiger partial charge in [-0.3, -0.25) is 19.2 Å². The summed E-state index contributed by atoms with van der Waals surface area (Å²) in [5.74, 6) is -2.81. The summed E-state index contributed by atoms with van der Waals surface area (Å²) >= 11 is 6.39. The first-order valence-corrected chi connectivity index (χ1v) is 12.6. The van der Waals surface area contributed by atoms with E-state index in [0.717, 1.165) is 0 Å². The van der Waals surface area contributed by atoms with Gasteiger partial charge in [0, 0.05) is 30.4 Å². The maximum absolute atomic E-state index is 12.9. The molecule has 1 fully saturated rings. The van der Waals surface area contributed by atoms with E-state index >= 15 is 0 Å². The van der Waals surface area contributed by atoms with Crippen molar-refractivity contribution in [3.63, 3.8) is 0 Å². The van der Waals surface area contributed by atoms with Crippen LogP contribution >= 0.6 is 11.6 Å². The largest absolute Gasteiger partial charge is 0.481 e. The van der Waals surface area contributed by atoms with Gasteiger partial charge in [-0.05, 0) is 26.2 Å². The highest BCUT2D eigenvalue weighted by atomic mass is 35.5. The Morgan fingerprint density at radius 2 is 2.00 bits per heavy atom. The summed E-state index contributed by atoms with van der Waals surface area (Å²) in [6.45, 7) is 4.26. The molecule has 2 bridgehead atoms. The van der Waals surface area contributed by atoms with Gasteiger partial charge in [0.25, 0.3) is 0 Å². The lowest BCUT2D eigenvalue weighted by Gasteiger charge is -2.24. The zero-order chi connectivity index (χ0) is 27.5. The highest BCUT2D eigenvalue weighted by Crippen LogP contribution is 2.32. The molecule has 2 heterocycles. The normalized spacial score (nSPS) is 29.0. The number of carbonyl (C=O) groups excluding carboxylic acids is 3. The fourth-order valence-corrected chi connectivity index (χ4v) is 4.35. The standard InChI is InChI=1S/C26H35ClO10/c1-4-24(32)34-14-17-6-5-7-18(27)8-9-19-12-22(37-25(33)13-21(17)35-16(3)28)26(36-19)20(29)10-15(2)11-23(30)31/h6-7,10,19-22,26,29H,4-5,8-9,11-14H2,1-3H3,(H,30,31)/b15-10+,17-6-,18-7+/t19-,20-,21-,22-,26-/m1/s1. The Balaban J connectivity index is 2.32. The lowest BCUT2D eigenvalue weighted by molar-refractivity contribution is -0.159. The third-order valence-corrected chi connectivity index (χ3v) is 6.25. The van der Waals surface area contributed by atoms with Crippen LogP contribution in [0.25, 0.3) is 0 Å². The number of allylic oxidation sites excluding steroid dienone is 3. The summed E-state index contributed by atoms with van der Waals surface area (Å²) in [6, 6.07) is 0. The van der Waals surface area contributed by atoms with Crippen molar-refractivity contribution in [1.82, 2.24) is 0 Å². The van der Waals surface area contributed by atoms with Gasteiger partial charge in [0.15, 0.2) is 0 Å². The first-order valence-electron chi connectivity index (χ1n) is 12.3. The van der Waals surface area contributed by atoms with Gasteiger partial charge in [-0.1, -0.05) is 42.3 Å². The van der Waals surface area contributed by atoms with E-state index in [1.54, 1.807) is 26.0 Å². The van der Waals surface area contributed by atoms with Crippen LogP contribution in [0.5, 0.6) is 0 Å². The van der Waals surface area contributed by atoms with Crippen LogP contribution in [0.4, 0.5) is 0 Å². The Morgan fingerprint density at radius 1 is 1.27 bits per heavy atom. The lowest BCUT2D eigenvalue weighted by atomic mass is 10.0. The van der Waals surface area contributed by atoms with Crippen molar-refractivity contribution >= 4 is 35.5 Å². The summed E-state index contributed by atoms with van der Waals surface area (Å²) in [6.07, 6.45) is 1.74. The monoisotopic (exact) mass is 542 g/mol. The predicted octanol–water partition coefficient (Wildman–Crippen LogP) is 3.35. The zero-order valence-electron chi connectivity index (χ0n) is 21.3. The predicted molar refractivity (Wildman–Crippen MR) is 132 cm³/mol. The third kappa shape index (κ3) is 10.7. The molecule has 0 aromatic heterocycles. The van der Waals surface area contributed by atoms with E-state index < -0.39 is 48.3 Å². The van der Waals surface area contributed by atoms with Crippen molar-refractivity contribution in [1.29, 1.82) is 0 Å². The molecular weight excluding hydrogens is 508 g/mol. The quantitative estimate of drug-likeness (QED) is 0.266. The van der Waals surface area contributed by atoms with Crippen LogP contribution in [-0.4, -0.2) is 71.2 Å². The van der Waals surface area contributed by atoms with E-state index in [1.807, 2.05) is 0 Å². The van der Waals surface area contributed by atoms with Crippen LogP contribution in [0.2, 0.25) is 0 Å². The Labute approximate surface area is 221 Å². The summed E-state index contributed by atoms with van der Waals surface area (Å²) in [4.78, 5) is 47.4. The van der Waals surface area contributed by atoms with Crippen molar-refractivity contribution in [3.8, 4) is 0 Å². The minimum atomic E-state index is -1.21. The molecule has 1 saturated heterocycles. The maximum Gasteiger partial charge on any atom is 0.310 e. The number of halogens is 1. The molecule has 2 N–H and O–H groups in total. The Hall–Kier alpha value is -2.69. The molecular formula is C26H35ClO10. The van der Waals surface area contributed by atoms with E-state index in [4.69, 9.17) is 35.7 Å². The molecule has 206 valence electrons. The smallest absolute Gasteiger partial charge is 0.310 e. The molecule has 0 spiro atoms. The highest BCUT2D eigenvalue weighted by Gasteiger charge is 2.41. The molecule has 5 atom stereocenters. The van der Waals surface area contributed by atoms with Crippen molar-refractivity contribution in [2.24, 2.45) is 0 Å². The summed E-state index contributed by atoms with van der Waals surface area (Å²) < 4.78 is 22.3. The van der Waals surface area contributed by atoms with Gasteiger partial charge >= 0.3 is 23.9 Å². The number of aliphatic hydroxyl groups excluding tert-OH is 1. The first-order chi connectivity index (χ1) is 17.5. The van der Waals surface area contributed by atoms with E-state index in [2.05, 4.69) is 0 Å². The Morgan fingerprint density at radius 3 is 2.65 bits per heavy atom. The van der Waals surface area contributed by atoms with Gasteiger partial charge in [-0.2, -0.15) is 0 Å². The van der Waals surface area contributed by atoms with Crippen LogP contribution in [0.3, 0.4) is 0 Å². The topological polar surface area (TPSA) is 146 Å². The molecule has 11 heteroatoms. The van der Waals surface area contributed by atoms with Gasteiger partial charge < -0.3 is 29.2 Å². The molecule has 0 amide bonds. The van der Waals surface area contributed by atoms with E-state index in [9.17, 15) is 24.3 Å². The van der Waals surface area contributed by atoms with Crippen molar-refractivity contribution in [2.75, 3.05) is 6.61 Å². The second-order valence-corrected chi connectivity index (χ2v) is 9.57. The van der Waals surface area contributed by atoms with Gasteiger partial charge in [-0.25, -0.2) is 0 Å². The molecule has 37 heavy (non-hydrogen) atoms. The number of carbonyl (C=O) groups is 4. The molecule has 0 saturated carbocycles. The van der Waals surface area contributed by atoms with Gasteiger partial charge in [-0.15, -0.1) is 0 Å². The van der Waals surface area contributed by atoms with Crippen LogP contribution in [0.1, 0.15) is 65.7 Å². The molecule has 0 radical (unpaired) electrons. The highest BCUT2D eigenvalue weighted by molar-refractivity contribution is 6.29. The molecule has 2 aliphatic rings. The van der Waals surface area contributed by atoms with Crippen molar-refractivity contribution in [3.05, 3.63) is 34.4 Å². The fourth-order valence-electron chi connectivity index (χ4n) is 4.15. The molecule has 0 aliphatic carbocycles. The Bertz CT molecular complexity index is 938. The number of aliphatic carboxylic acids is 1. The van der Waals surface area contributed by atoms with Gasteiger partial charge in [0.1, 0.15) is 31.0 Å². The number of aliphatic hydroxyl groups is 1. The molecule has 2 rings (SSSR count). The Kier molecular flexibility index (Phi) is 12.3. The average Bonchev–Trinajstić information content (AvgIpc) is 3.20. The number of hydrogen-bond acceptors (Lipinski definition) is 9. The van der Waals surface area contributed by atoms with Gasteiger partial charge in [0.05, 0.1) is 18.9 Å². The van der Waals surface area contributed by atoms with Crippen LogP contribution in [0.15, 0.2) is 34.4 Å². The number of fused-ring (bicyclic) bond motifs is 2. The number of esters is 3. The molecule has 2 aliphatic heterocycles. The fraction of sp³-hybridized carbons (Fsp3) is 0.615. The van der Waals surface area contributed by atoms with Gasteiger partial charge in [0.2, 0.25) is 0 Å². The number of rotatable bonds is 8. The number of carboxylic acids is 1. The summed E-state index contributed by atoms with van der Waals surface area (Å²) in [5.41, 5.74) is 0.844. The van der Waals surface area contributed by atoms with Crippen molar-refractivity contribution in [2.45, 2.75) is 96.2 Å². The molecule has 0 unspecified atom stereocenters. The summed E-state index contributed by atoms with van der Waals surface area (Å²) in [7, 11) is 0. The molecule has 0 aromatic carbocycles. The van der Waals surface area contributed by atoms with E-state index in [0.29, 0.717) is 41.9 Å². The third-order valence-electron chi connectivity index (χ3n) is 5.90. The second kappa shape index (κ2) is 14.9. The molecule has 10 nitrogen and oxygen atoms in total. The number of hydrogen-bond donors (Lipinski definition) is 2. The summed E-state index contributed by atoms with van der Waals surface area (Å²) in [5, 5.41) is 20.3. The van der Waals surface area contributed by atoms with E-state index in [1.165, 1.54) is 13.0 Å². The zero-order valence-corrected chi connectivity index (χ0v) is 22.1. The van der Waals surface area contributed by atoms with Crippen LogP contribution in [-0.2, 0) is 38.1 Å². The SMILES string of the molecule is CCC(=O)OC/C1=C/C/C=C(/Cl)CC[C@@H]2C[C@@H](OC(=O)C[C@H]1OC(C)=O)[C@@H]([C@H](O)/C=C(\C)CC(=O)O)O2. The lowest BCUT2D eigenvalue weighted by Crippen LogP contribution is -2.37. The number of carboxylic acid groups (broad SMARTS) is 1. The van der Waals surface area contributed by atoms with Crippen LogP contribution < -0.4 is 0 Å². The van der Waals surface area contributed by atoms with E-state index in [-0.39, 0.29) is 32.0 Å². The maximum atomic E-state index is 12.9. The average molecular weight is 543 g/mol. The minimum absolute atomic E-state index is 0.159. The first kappa shape index (κ1) is 30.5. The minimum Gasteiger partial charge on any atom is -0.481 e.